The molecule has 1 atom stereocenters. The van der Waals surface area contributed by atoms with Crippen LogP contribution in [-0.4, -0.2) is 42.9 Å². The fourth-order valence-electron chi connectivity index (χ4n) is 3.35. The van der Waals surface area contributed by atoms with Gasteiger partial charge in [-0.3, -0.25) is 4.79 Å². The number of rotatable bonds is 4. The second-order valence-electron chi connectivity index (χ2n) is 8.18. The molecule has 0 aliphatic carbocycles. The monoisotopic (exact) mass is 472 g/mol. The number of anilines is 1. The Morgan fingerprint density at radius 3 is 2.52 bits per heavy atom. The molecular weight excluding hydrogens is 450 g/mol. The highest BCUT2D eigenvalue weighted by atomic mass is 35.5. The van der Waals surface area contributed by atoms with Gasteiger partial charge in [0.25, 0.3) is 5.91 Å². The number of nitrogens with zero attached hydrogens (tertiary/aromatic N) is 1. The first-order valence-electron chi connectivity index (χ1n) is 9.66. The van der Waals surface area contributed by atoms with Crippen LogP contribution in [0.2, 0.25) is 5.02 Å². The summed E-state index contributed by atoms with van der Waals surface area (Å²) in [5.74, 6) is -2.34. The lowest BCUT2D eigenvalue weighted by molar-refractivity contribution is 0.0483. The van der Waals surface area contributed by atoms with Crippen LogP contribution < -0.4 is 5.32 Å². The van der Waals surface area contributed by atoms with Crippen molar-refractivity contribution in [3.05, 3.63) is 58.6 Å². The molecule has 1 unspecified atom stereocenters. The molecule has 2 N–H and O–H groups in total. The van der Waals surface area contributed by atoms with Gasteiger partial charge in [-0.15, -0.1) is 0 Å². The second-order valence-corrected chi connectivity index (χ2v) is 10.5. The highest BCUT2D eigenvalue weighted by molar-refractivity contribution is 7.89. The third-order valence-corrected chi connectivity index (χ3v) is 7.75. The SMILES string of the molecule is CC1(C)CCN(S(=O)(=O)c2cc(C(=O)Nc3ccc(F)c(Cl)c3)ccc2F)CCC1O. The number of benzene rings is 2. The van der Waals surface area contributed by atoms with Crippen LogP contribution >= 0.6 is 11.6 Å². The summed E-state index contributed by atoms with van der Waals surface area (Å²) in [6, 6.07) is 6.62. The zero-order chi connectivity index (χ0) is 23.0. The van der Waals surface area contributed by atoms with E-state index >= 15 is 0 Å². The standard InChI is InChI=1S/C21H23ClF2N2O4S/c1-21(2)8-10-26(9-7-19(21)27)31(29,30)18-11-13(3-5-17(18)24)20(28)25-14-4-6-16(23)15(22)12-14/h3-6,11-12,19,27H,7-10H2,1-2H3,(H,25,28). The van der Waals surface area contributed by atoms with Gasteiger partial charge in [0.05, 0.1) is 11.1 Å². The summed E-state index contributed by atoms with van der Waals surface area (Å²) in [6.07, 6.45) is -0.0583. The van der Waals surface area contributed by atoms with Gasteiger partial charge in [-0.2, -0.15) is 4.31 Å². The fourth-order valence-corrected chi connectivity index (χ4v) is 5.07. The molecule has 1 fully saturated rings. The largest absolute Gasteiger partial charge is 0.393 e. The molecule has 2 aromatic carbocycles. The first-order valence-corrected chi connectivity index (χ1v) is 11.5. The molecule has 0 aromatic heterocycles. The predicted octanol–water partition coefficient (Wildman–Crippen LogP) is 4.04. The van der Waals surface area contributed by atoms with E-state index in [2.05, 4.69) is 5.32 Å². The van der Waals surface area contributed by atoms with Crippen molar-refractivity contribution in [1.29, 1.82) is 0 Å². The minimum atomic E-state index is -4.23. The molecule has 3 rings (SSSR count). The maximum Gasteiger partial charge on any atom is 0.255 e. The smallest absolute Gasteiger partial charge is 0.255 e. The Kier molecular flexibility index (Phi) is 6.71. The predicted molar refractivity (Wildman–Crippen MR) is 114 cm³/mol. The lowest BCUT2D eigenvalue weighted by Crippen LogP contribution is -2.33. The molecule has 0 radical (unpaired) electrons. The van der Waals surface area contributed by atoms with Crippen molar-refractivity contribution in [2.75, 3.05) is 18.4 Å². The quantitative estimate of drug-likeness (QED) is 0.703. The van der Waals surface area contributed by atoms with Gasteiger partial charge in [0.1, 0.15) is 16.5 Å². The van der Waals surface area contributed by atoms with Gasteiger partial charge in [0.15, 0.2) is 0 Å². The number of hydrogen-bond donors (Lipinski definition) is 2. The molecule has 1 aliphatic heterocycles. The number of hydrogen-bond acceptors (Lipinski definition) is 4. The Bertz CT molecular complexity index is 1110. The zero-order valence-corrected chi connectivity index (χ0v) is 18.6. The Balaban J connectivity index is 1.87. The topological polar surface area (TPSA) is 86.7 Å². The summed E-state index contributed by atoms with van der Waals surface area (Å²) in [6.45, 7) is 3.86. The zero-order valence-electron chi connectivity index (χ0n) is 17.0. The average Bonchev–Trinajstić information content (AvgIpc) is 2.83. The Morgan fingerprint density at radius 1 is 1.16 bits per heavy atom. The number of amides is 1. The highest BCUT2D eigenvalue weighted by Gasteiger charge is 2.36. The van der Waals surface area contributed by atoms with Gasteiger partial charge < -0.3 is 10.4 Å². The van der Waals surface area contributed by atoms with E-state index in [1.807, 2.05) is 13.8 Å². The first-order chi connectivity index (χ1) is 14.4. The normalized spacial score (nSPS) is 19.6. The van der Waals surface area contributed by atoms with Crippen molar-refractivity contribution >= 4 is 33.2 Å². The number of carbonyl (C=O) groups is 1. The molecule has 1 aliphatic rings. The number of aliphatic hydroxyl groups excluding tert-OH is 1. The third-order valence-electron chi connectivity index (χ3n) is 5.55. The van der Waals surface area contributed by atoms with E-state index in [-0.39, 0.29) is 35.8 Å². The summed E-state index contributed by atoms with van der Waals surface area (Å²) in [5.41, 5.74) is -0.356. The molecule has 10 heteroatoms. The number of carbonyl (C=O) groups excluding carboxylic acids is 1. The van der Waals surface area contributed by atoms with E-state index in [0.29, 0.717) is 6.42 Å². The van der Waals surface area contributed by atoms with Crippen LogP contribution in [-0.2, 0) is 10.0 Å². The minimum Gasteiger partial charge on any atom is -0.393 e. The molecule has 0 bridgehead atoms. The van der Waals surface area contributed by atoms with Crippen molar-refractivity contribution in [3.8, 4) is 0 Å². The lowest BCUT2D eigenvalue weighted by Gasteiger charge is -2.27. The molecule has 168 valence electrons. The van der Waals surface area contributed by atoms with E-state index in [1.54, 1.807) is 0 Å². The molecular formula is C21H23ClF2N2O4S. The minimum absolute atomic E-state index is 0.0386. The summed E-state index contributed by atoms with van der Waals surface area (Å²) in [5, 5.41) is 12.5. The Morgan fingerprint density at radius 2 is 1.84 bits per heavy atom. The van der Waals surface area contributed by atoms with Crippen LogP contribution in [0.15, 0.2) is 41.3 Å². The summed E-state index contributed by atoms with van der Waals surface area (Å²) >= 11 is 5.70. The van der Waals surface area contributed by atoms with Crippen molar-refractivity contribution < 1.29 is 27.1 Å². The van der Waals surface area contributed by atoms with Gasteiger partial charge in [0.2, 0.25) is 10.0 Å². The maximum atomic E-state index is 14.5. The number of halogens is 3. The van der Waals surface area contributed by atoms with Gasteiger partial charge in [-0.1, -0.05) is 25.4 Å². The van der Waals surface area contributed by atoms with Crippen molar-refractivity contribution in [3.63, 3.8) is 0 Å². The van der Waals surface area contributed by atoms with Crippen LogP contribution in [0.5, 0.6) is 0 Å². The summed E-state index contributed by atoms with van der Waals surface area (Å²) in [4.78, 5) is 11.9. The third kappa shape index (κ3) is 5.06. The number of nitrogens with one attached hydrogen (secondary N) is 1. The molecule has 0 spiro atoms. The fraction of sp³-hybridized carbons (Fsp3) is 0.381. The van der Waals surface area contributed by atoms with E-state index in [9.17, 15) is 27.1 Å². The number of sulfonamides is 1. The Labute approximate surface area is 184 Å². The van der Waals surface area contributed by atoms with Crippen LogP contribution in [0.25, 0.3) is 0 Å². The molecule has 0 saturated carbocycles. The second kappa shape index (κ2) is 8.82. The lowest BCUT2D eigenvalue weighted by atomic mass is 9.83. The molecule has 2 aromatic rings. The van der Waals surface area contributed by atoms with Gasteiger partial charge in [-0.05, 0) is 54.7 Å². The maximum absolute atomic E-state index is 14.5. The Hall–Kier alpha value is -2.07. The van der Waals surface area contributed by atoms with Crippen LogP contribution in [0.3, 0.4) is 0 Å². The molecule has 6 nitrogen and oxygen atoms in total. The van der Waals surface area contributed by atoms with Crippen LogP contribution in [0.4, 0.5) is 14.5 Å². The van der Waals surface area contributed by atoms with E-state index in [1.165, 1.54) is 12.1 Å². The first kappa shape index (κ1) is 23.6. The average molecular weight is 473 g/mol. The van der Waals surface area contributed by atoms with Gasteiger partial charge in [0, 0.05) is 24.3 Å². The van der Waals surface area contributed by atoms with E-state index in [4.69, 9.17) is 11.6 Å². The molecule has 1 saturated heterocycles. The van der Waals surface area contributed by atoms with Crippen molar-refractivity contribution in [2.24, 2.45) is 5.41 Å². The van der Waals surface area contributed by atoms with Gasteiger partial charge >= 0.3 is 0 Å². The molecule has 31 heavy (non-hydrogen) atoms. The van der Waals surface area contributed by atoms with E-state index in [0.717, 1.165) is 28.6 Å². The van der Waals surface area contributed by atoms with Gasteiger partial charge in [-0.25, -0.2) is 17.2 Å². The van der Waals surface area contributed by atoms with Crippen molar-refractivity contribution in [1.82, 2.24) is 4.31 Å². The number of aliphatic hydroxyl groups is 1. The molecule has 1 heterocycles. The van der Waals surface area contributed by atoms with Crippen LogP contribution in [0, 0.1) is 17.0 Å². The summed E-state index contributed by atoms with van der Waals surface area (Å²) in [7, 11) is -4.23. The highest BCUT2D eigenvalue weighted by Crippen LogP contribution is 2.33. The molecule has 1 amide bonds. The summed E-state index contributed by atoms with van der Waals surface area (Å²) < 4.78 is 55.1. The van der Waals surface area contributed by atoms with Crippen molar-refractivity contribution in [2.45, 2.75) is 37.7 Å². The van der Waals surface area contributed by atoms with Crippen LogP contribution in [0.1, 0.15) is 37.0 Å². The van der Waals surface area contributed by atoms with E-state index < -0.39 is 44.0 Å².